The first-order valence-electron chi connectivity index (χ1n) is 5.86. The summed E-state index contributed by atoms with van der Waals surface area (Å²) in [6.07, 6.45) is 1.43. The molecular formula is C13H12BrN3O4. The number of nitrogens with zero attached hydrogens (tertiary/aromatic N) is 1. The van der Waals surface area contributed by atoms with Crippen LogP contribution in [0.5, 0.6) is 11.5 Å². The first-order chi connectivity index (χ1) is 9.92. The predicted octanol–water partition coefficient (Wildman–Crippen LogP) is 1.60. The highest BCUT2D eigenvalue weighted by molar-refractivity contribution is 9.10. The summed E-state index contributed by atoms with van der Waals surface area (Å²) in [5.41, 5.74) is -0.0631. The number of ether oxygens (including phenoxy) is 1. The average molecular weight is 354 g/mol. The third kappa shape index (κ3) is 3.22. The highest BCUT2D eigenvalue weighted by atomic mass is 79.9. The van der Waals surface area contributed by atoms with Gasteiger partial charge in [-0.3, -0.25) is 9.78 Å². The van der Waals surface area contributed by atoms with Crippen molar-refractivity contribution < 1.29 is 9.84 Å². The topological polar surface area (TPSA) is 108 Å². The van der Waals surface area contributed by atoms with Crippen molar-refractivity contribution in [3.8, 4) is 11.5 Å². The second-order valence-corrected chi connectivity index (χ2v) is 5.05. The quantitative estimate of drug-likeness (QED) is 0.728. The number of aromatic nitrogens is 2. The van der Waals surface area contributed by atoms with Gasteiger partial charge in [0.05, 0.1) is 11.6 Å². The summed E-state index contributed by atoms with van der Waals surface area (Å²) in [7, 11) is 1.43. The van der Waals surface area contributed by atoms with Gasteiger partial charge in [0.15, 0.2) is 11.5 Å². The molecule has 0 aliphatic heterocycles. The molecule has 2 aromatic rings. The average Bonchev–Trinajstić information content (AvgIpc) is 2.41. The van der Waals surface area contributed by atoms with E-state index < -0.39 is 11.2 Å². The summed E-state index contributed by atoms with van der Waals surface area (Å²) in [6, 6.07) is 3.19. The molecule has 0 amide bonds. The van der Waals surface area contributed by atoms with Gasteiger partial charge in [-0.1, -0.05) is 0 Å². The fourth-order valence-corrected chi connectivity index (χ4v) is 2.17. The number of methoxy groups -OCH3 is 1. The third-order valence-corrected chi connectivity index (χ3v) is 3.32. The van der Waals surface area contributed by atoms with E-state index >= 15 is 0 Å². The normalized spacial score (nSPS) is 11.0. The first-order valence-corrected chi connectivity index (χ1v) is 6.65. The van der Waals surface area contributed by atoms with Crippen molar-refractivity contribution in [2.75, 3.05) is 7.11 Å². The molecule has 0 aliphatic rings. The van der Waals surface area contributed by atoms with Gasteiger partial charge in [-0.2, -0.15) is 0 Å². The lowest BCUT2D eigenvalue weighted by molar-refractivity contribution is 0.372. The second-order valence-electron chi connectivity index (χ2n) is 4.19. The molecule has 21 heavy (non-hydrogen) atoms. The van der Waals surface area contributed by atoms with Crippen LogP contribution in [0.4, 0.5) is 5.69 Å². The number of phenols is 1. The Morgan fingerprint density at radius 2 is 2.05 bits per heavy atom. The maximum Gasteiger partial charge on any atom is 0.326 e. The summed E-state index contributed by atoms with van der Waals surface area (Å²) < 4.78 is 5.46. The van der Waals surface area contributed by atoms with E-state index in [0.29, 0.717) is 15.7 Å². The number of aliphatic imine (C=N–C) groups is 1. The number of aromatic hydroxyl groups is 1. The number of benzene rings is 1. The summed E-state index contributed by atoms with van der Waals surface area (Å²) in [6.45, 7) is 1.58. The highest BCUT2D eigenvalue weighted by Gasteiger charge is 2.08. The van der Waals surface area contributed by atoms with E-state index in [2.05, 4.69) is 30.9 Å². The smallest absolute Gasteiger partial charge is 0.326 e. The molecule has 0 unspecified atom stereocenters. The zero-order valence-corrected chi connectivity index (χ0v) is 12.8. The zero-order valence-electron chi connectivity index (χ0n) is 11.2. The minimum absolute atomic E-state index is 0.0206. The fourth-order valence-electron chi connectivity index (χ4n) is 1.71. The molecule has 7 nitrogen and oxygen atoms in total. The summed E-state index contributed by atoms with van der Waals surface area (Å²) in [4.78, 5) is 31.4. The maximum absolute atomic E-state index is 11.7. The molecule has 1 aromatic carbocycles. The lowest BCUT2D eigenvalue weighted by Crippen LogP contribution is -2.22. The molecule has 0 radical (unpaired) electrons. The largest absolute Gasteiger partial charge is 0.503 e. The van der Waals surface area contributed by atoms with E-state index in [-0.39, 0.29) is 17.2 Å². The Hall–Kier alpha value is -2.35. The second kappa shape index (κ2) is 5.96. The summed E-state index contributed by atoms with van der Waals surface area (Å²) in [5, 5.41) is 9.71. The Bertz CT molecular complexity index is 823. The van der Waals surface area contributed by atoms with Gasteiger partial charge >= 0.3 is 5.69 Å². The van der Waals surface area contributed by atoms with Gasteiger partial charge in [0, 0.05) is 11.9 Å². The number of hydrogen-bond donors (Lipinski definition) is 3. The molecule has 1 aromatic heterocycles. The molecule has 0 saturated carbocycles. The van der Waals surface area contributed by atoms with Crippen LogP contribution in [-0.2, 0) is 0 Å². The fraction of sp³-hybridized carbons (Fsp3) is 0.154. The molecule has 8 heteroatoms. The summed E-state index contributed by atoms with van der Waals surface area (Å²) in [5.74, 6) is 0.255. The highest BCUT2D eigenvalue weighted by Crippen LogP contribution is 2.34. The number of halogens is 1. The number of phenolic OH excluding ortho intramolecular Hbond substituents is 1. The van der Waals surface area contributed by atoms with E-state index in [1.807, 2.05) is 0 Å². The molecule has 0 atom stereocenters. The molecule has 1 heterocycles. The van der Waals surface area contributed by atoms with Crippen LogP contribution in [0, 0.1) is 6.92 Å². The Kier molecular flexibility index (Phi) is 4.27. The van der Waals surface area contributed by atoms with Crippen molar-refractivity contribution in [1.82, 2.24) is 9.97 Å². The van der Waals surface area contributed by atoms with E-state index in [0.717, 1.165) is 0 Å². The SMILES string of the molecule is COc1cc(/C=N/c2c(C)[nH]c(=O)[nH]c2=O)cc(Br)c1O. The predicted molar refractivity (Wildman–Crippen MR) is 82.0 cm³/mol. The van der Waals surface area contributed by atoms with Crippen molar-refractivity contribution in [2.24, 2.45) is 4.99 Å². The van der Waals surface area contributed by atoms with E-state index in [1.165, 1.54) is 13.3 Å². The molecule has 0 aliphatic carbocycles. The van der Waals surface area contributed by atoms with Crippen LogP contribution in [0.1, 0.15) is 11.3 Å². The van der Waals surface area contributed by atoms with Crippen molar-refractivity contribution in [3.05, 3.63) is 48.7 Å². The number of aromatic amines is 2. The van der Waals surface area contributed by atoms with E-state index in [9.17, 15) is 14.7 Å². The Morgan fingerprint density at radius 1 is 1.33 bits per heavy atom. The monoisotopic (exact) mass is 353 g/mol. The van der Waals surface area contributed by atoms with Gasteiger partial charge in [-0.25, -0.2) is 9.79 Å². The van der Waals surface area contributed by atoms with Gasteiger partial charge in [0.2, 0.25) is 0 Å². The molecule has 3 N–H and O–H groups in total. The van der Waals surface area contributed by atoms with Crippen LogP contribution in [-0.4, -0.2) is 28.4 Å². The molecule has 0 spiro atoms. The first kappa shape index (κ1) is 15.0. The van der Waals surface area contributed by atoms with Crippen LogP contribution >= 0.6 is 15.9 Å². The summed E-state index contributed by atoms with van der Waals surface area (Å²) >= 11 is 3.20. The maximum atomic E-state index is 11.7. The molecule has 0 saturated heterocycles. The van der Waals surface area contributed by atoms with Gasteiger partial charge in [0.25, 0.3) is 5.56 Å². The van der Waals surface area contributed by atoms with Crippen LogP contribution in [0.25, 0.3) is 0 Å². The van der Waals surface area contributed by atoms with Crippen molar-refractivity contribution in [1.29, 1.82) is 0 Å². The molecule has 0 fully saturated rings. The van der Waals surface area contributed by atoms with Crippen LogP contribution in [0.2, 0.25) is 0 Å². The van der Waals surface area contributed by atoms with Crippen molar-refractivity contribution >= 4 is 27.8 Å². The molecular weight excluding hydrogens is 342 g/mol. The van der Waals surface area contributed by atoms with E-state index in [1.54, 1.807) is 19.1 Å². The Balaban J connectivity index is 2.45. The minimum Gasteiger partial charge on any atom is -0.503 e. The molecule has 110 valence electrons. The van der Waals surface area contributed by atoms with Crippen LogP contribution in [0.15, 0.2) is 31.2 Å². The minimum atomic E-state index is -0.578. The van der Waals surface area contributed by atoms with Gasteiger partial charge in [-0.15, -0.1) is 0 Å². The lowest BCUT2D eigenvalue weighted by Gasteiger charge is -2.06. The van der Waals surface area contributed by atoms with Crippen molar-refractivity contribution in [3.63, 3.8) is 0 Å². The van der Waals surface area contributed by atoms with Crippen molar-refractivity contribution in [2.45, 2.75) is 6.92 Å². The number of rotatable bonds is 3. The number of hydrogen-bond acceptors (Lipinski definition) is 5. The van der Waals surface area contributed by atoms with Gasteiger partial charge in [-0.05, 0) is 40.5 Å². The number of H-pyrrole nitrogens is 2. The van der Waals surface area contributed by atoms with Crippen LogP contribution in [0.3, 0.4) is 0 Å². The third-order valence-electron chi connectivity index (χ3n) is 2.71. The number of aryl methyl sites for hydroxylation is 1. The molecule has 2 rings (SSSR count). The zero-order chi connectivity index (χ0) is 15.6. The standard InChI is InChI=1S/C13H12BrN3O4/c1-6-10(12(19)17-13(20)16-6)15-5-7-3-8(14)11(18)9(4-7)21-2/h3-5,18H,1-2H3,(H2,16,17,19,20)/b15-5+. The van der Waals surface area contributed by atoms with Crippen LogP contribution < -0.4 is 16.0 Å². The van der Waals surface area contributed by atoms with E-state index in [4.69, 9.17) is 4.74 Å². The Morgan fingerprint density at radius 3 is 2.67 bits per heavy atom. The van der Waals surface area contributed by atoms with Gasteiger partial charge < -0.3 is 14.8 Å². The molecule has 0 bridgehead atoms. The lowest BCUT2D eigenvalue weighted by atomic mass is 10.2. The number of nitrogens with one attached hydrogen (secondary N) is 2. The Labute approximate surface area is 127 Å². The van der Waals surface area contributed by atoms with Gasteiger partial charge in [0.1, 0.15) is 5.69 Å².